The molecular weight excluding hydrogens is 316 g/mol. The highest BCUT2D eigenvalue weighted by atomic mass is 16.5. The fourth-order valence-corrected chi connectivity index (χ4v) is 3.13. The molecular formula is C20H24N2O3. The lowest BCUT2D eigenvalue weighted by Crippen LogP contribution is -2.25. The van der Waals surface area contributed by atoms with Crippen molar-refractivity contribution in [2.75, 3.05) is 7.11 Å². The van der Waals surface area contributed by atoms with Gasteiger partial charge in [0.15, 0.2) is 0 Å². The number of methoxy groups -OCH3 is 1. The summed E-state index contributed by atoms with van der Waals surface area (Å²) in [6.07, 6.45) is 4.05. The second-order valence-corrected chi connectivity index (χ2v) is 6.57. The van der Waals surface area contributed by atoms with Gasteiger partial charge in [-0.25, -0.2) is 0 Å². The standard InChI is InChI=1S/C20H24N2O3/c1-13(2)16(10-20(23)22-11-15-5-4-8-25-15)18-12-21-19-7-6-14(24-3)9-17(18)19/h4-9,12-13,16,21H,10-11H2,1-3H3,(H,22,23)/t16-/m0/s1. The van der Waals surface area contributed by atoms with Crippen LogP contribution in [0.3, 0.4) is 0 Å². The molecule has 0 aliphatic rings. The van der Waals surface area contributed by atoms with Crippen molar-refractivity contribution < 1.29 is 13.9 Å². The summed E-state index contributed by atoms with van der Waals surface area (Å²) in [4.78, 5) is 15.7. The Morgan fingerprint density at radius 3 is 2.84 bits per heavy atom. The maximum Gasteiger partial charge on any atom is 0.220 e. The molecule has 0 spiro atoms. The van der Waals surface area contributed by atoms with Gasteiger partial charge in [-0.3, -0.25) is 4.79 Å². The minimum Gasteiger partial charge on any atom is -0.497 e. The van der Waals surface area contributed by atoms with E-state index in [9.17, 15) is 4.79 Å². The van der Waals surface area contributed by atoms with E-state index >= 15 is 0 Å². The van der Waals surface area contributed by atoms with Crippen molar-refractivity contribution in [3.8, 4) is 5.75 Å². The van der Waals surface area contributed by atoms with Crippen molar-refractivity contribution >= 4 is 16.8 Å². The molecule has 1 amide bonds. The highest BCUT2D eigenvalue weighted by Crippen LogP contribution is 2.34. The van der Waals surface area contributed by atoms with Crippen LogP contribution in [-0.2, 0) is 11.3 Å². The first-order valence-corrected chi connectivity index (χ1v) is 8.52. The number of amides is 1. The number of carbonyl (C=O) groups is 1. The first-order valence-electron chi connectivity index (χ1n) is 8.52. The Bertz CT molecular complexity index is 834. The molecule has 0 saturated heterocycles. The number of hydrogen-bond donors (Lipinski definition) is 2. The maximum atomic E-state index is 12.4. The molecule has 3 aromatic rings. The van der Waals surface area contributed by atoms with Gasteiger partial charge < -0.3 is 19.5 Å². The number of benzene rings is 1. The molecule has 0 aliphatic heterocycles. The lowest BCUT2D eigenvalue weighted by Gasteiger charge is -2.20. The second-order valence-electron chi connectivity index (χ2n) is 6.57. The van der Waals surface area contributed by atoms with Gasteiger partial charge in [-0.05, 0) is 47.7 Å². The first-order chi connectivity index (χ1) is 12.1. The maximum absolute atomic E-state index is 12.4. The normalized spacial score (nSPS) is 12.5. The monoisotopic (exact) mass is 340 g/mol. The lowest BCUT2D eigenvalue weighted by molar-refractivity contribution is -0.121. The van der Waals surface area contributed by atoms with Gasteiger partial charge in [0.1, 0.15) is 11.5 Å². The number of ether oxygens (including phenoxy) is 1. The zero-order chi connectivity index (χ0) is 17.8. The number of hydrogen-bond acceptors (Lipinski definition) is 3. The zero-order valence-corrected chi connectivity index (χ0v) is 14.8. The van der Waals surface area contributed by atoms with Crippen molar-refractivity contribution in [1.82, 2.24) is 10.3 Å². The van der Waals surface area contributed by atoms with Crippen molar-refractivity contribution in [2.24, 2.45) is 5.92 Å². The SMILES string of the molecule is COc1ccc2[nH]cc([C@@H](CC(=O)NCc3ccco3)C(C)C)c2c1. The van der Waals surface area contributed by atoms with Crippen LogP contribution in [0.4, 0.5) is 0 Å². The van der Waals surface area contributed by atoms with E-state index in [0.717, 1.165) is 28.0 Å². The third-order valence-electron chi connectivity index (χ3n) is 4.57. The smallest absolute Gasteiger partial charge is 0.220 e. The predicted molar refractivity (Wildman–Crippen MR) is 97.6 cm³/mol. The minimum atomic E-state index is 0.0207. The van der Waals surface area contributed by atoms with Gasteiger partial charge in [0, 0.05) is 23.5 Å². The molecule has 0 radical (unpaired) electrons. The lowest BCUT2D eigenvalue weighted by atomic mass is 9.85. The van der Waals surface area contributed by atoms with Crippen LogP contribution in [0.15, 0.2) is 47.2 Å². The number of nitrogens with one attached hydrogen (secondary N) is 2. The van der Waals surface area contributed by atoms with Crippen molar-refractivity contribution in [1.29, 1.82) is 0 Å². The number of aromatic amines is 1. The van der Waals surface area contributed by atoms with E-state index in [-0.39, 0.29) is 11.8 Å². The fraction of sp³-hybridized carbons (Fsp3) is 0.350. The minimum absolute atomic E-state index is 0.0207. The van der Waals surface area contributed by atoms with Crippen LogP contribution in [0.25, 0.3) is 10.9 Å². The molecule has 1 atom stereocenters. The number of aromatic nitrogens is 1. The molecule has 2 heterocycles. The summed E-state index contributed by atoms with van der Waals surface area (Å²) in [5.74, 6) is 2.05. The third kappa shape index (κ3) is 3.87. The quantitative estimate of drug-likeness (QED) is 0.677. The Morgan fingerprint density at radius 2 is 2.16 bits per heavy atom. The van der Waals surface area contributed by atoms with E-state index in [1.54, 1.807) is 13.4 Å². The Balaban J connectivity index is 1.77. The van der Waals surface area contributed by atoms with Gasteiger partial charge in [0.05, 0.1) is 19.9 Å². The molecule has 0 unspecified atom stereocenters. The van der Waals surface area contributed by atoms with Crippen LogP contribution in [0.5, 0.6) is 5.75 Å². The highest BCUT2D eigenvalue weighted by Gasteiger charge is 2.23. The topological polar surface area (TPSA) is 67.3 Å². The summed E-state index contributed by atoms with van der Waals surface area (Å²) in [6.45, 7) is 4.70. The van der Waals surface area contributed by atoms with Crippen LogP contribution in [0.2, 0.25) is 0 Å². The summed E-state index contributed by atoms with van der Waals surface area (Å²) in [5, 5.41) is 4.04. The first kappa shape index (κ1) is 17.1. The van der Waals surface area contributed by atoms with Crippen molar-refractivity contribution in [3.63, 3.8) is 0 Å². The molecule has 0 aliphatic carbocycles. The number of rotatable bonds is 7. The predicted octanol–water partition coefficient (Wildman–Crippen LogP) is 4.22. The van der Waals surface area contributed by atoms with E-state index in [4.69, 9.17) is 9.15 Å². The molecule has 2 N–H and O–H groups in total. The Morgan fingerprint density at radius 1 is 1.32 bits per heavy atom. The number of furan rings is 1. The van der Waals surface area contributed by atoms with Gasteiger partial charge in [0.25, 0.3) is 0 Å². The van der Waals surface area contributed by atoms with E-state index in [0.29, 0.717) is 18.9 Å². The molecule has 132 valence electrons. The largest absolute Gasteiger partial charge is 0.497 e. The molecule has 0 saturated carbocycles. The summed E-state index contributed by atoms with van der Waals surface area (Å²) < 4.78 is 10.6. The van der Waals surface area contributed by atoms with Gasteiger partial charge in [-0.2, -0.15) is 0 Å². The summed E-state index contributed by atoms with van der Waals surface area (Å²) >= 11 is 0. The van der Waals surface area contributed by atoms with Crippen LogP contribution >= 0.6 is 0 Å². The molecule has 5 heteroatoms. The highest BCUT2D eigenvalue weighted by molar-refractivity contribution is 5.86. The summed E-state index contributed by atoms with van der Waals surface area (Å²) in [5.41, 5.74) is 2.20. The zero-order valence-electron chi connectivity index (χ0n) is 14.8. The van der Waals surface area contributed by atoms with Gasteiger partial charge in [-0.15, -0.1) is 0 Å². The van der Waals surface area contributed by atoms with Gasteiger partial charge in [-0.1, -0.05) is 13.8 Å². The van der Waals surface area contributed by atoms with E-state index in [1.807, 2.05) is 36.5 Å². The van der Waals surface area contributed by atoms with Crippen LogP contribution in [0.1, 0.15) is 37.5 Å². The summed E-state index contributed by atoms with van der Waals surface area (Å²) in [6, 6.07) is 9.64. The van der Waals surface area contributed by atoms with Gasteiger partial charge >= 0.3 is 0 Å². The number of fused-ring (bicyclic) bond motifs is 1. The molecule has 5 nitrogen and oxygen atoms in total. The molecule has 25 heavy (non-hydrogen) atoms. The third-order valence-corrected chi connectivity index (χ3v) is 4.57. The Kier molecular flexibility index (Phi) is 5.12. The molecule has 1 aromatic carbocycles. The molecule has 0 fully saturated rings. The van der Waals surface area contributed by atoms with E-state index < -0.39 is 0 Å². The average molecular weight is 340 g/mol. The molecule has 3 rings (SSSR count). The number of H-pyrrole nitrogens is 1. The second kappa shape index (κ2) is 7.47. The Labute approximate surface area is 147 Å². The van der Waals surface area contributed by atoms with Gasteiger partial charge in [0.2, 0.25) is 5.91 Å². The van der Waals surface area contributed by atoms with Crippen LogP contribution in [-0.4, -0.2) is 18.0 Å². The molecule has 0 bridgehead atoms. The van der Waals surface area contributed by atoms with Crippen molar-refractivity contribution in [2.45, 2.75) is 32.7 Å². The van der Waals surface area contributed by atoms with Crippen molar-refractivity contribution in [3.05, 3.63) is 54.1 Å². The fourth-order valence-electron chi connectivity index (χ4n) is 3.13. The number of carbonyl (C=O) groups excluding carboxylic acids is 1. The average Bonchev–Trinajstić information content (AvgIpc) is 3.26. The van der Waals surface area contributed by atoms with Crippen LogP contribution < -0.4 is 10.1 Å². The summed E-state index contributed by atoms with van der Waals surface area (Å²) in [7, 11) is 1.66. The van der Waals surface area contributed by atoms with E-state index in [2.05, 4.69) is 24.1 Å². The molecule has 2 aromatic heterocycles. The van der Waals surface area contributed by atoms with Crippen LogP contribution in [0, 0.1) is 5.92 Å². The Hall–Kier alpha value is -2.69. The van der Waals surface area contributed by atoms with E-state index in [1.165, 1.54) is 0 Å².